The topological polar surface area (TPSA) is 74.8 Å². The zero-order valence-electron chi connectivity index (χ0n) is 15.1. The van der Waals surface area contributed by atoms with Gasteiger partial charge in [-0.25, -0.2) is 21.1 Å². The third-order valence-electron chi connectivity index (χ3n) is 2.69. The van der Waals surface area contributed by atoms with Gasteiger partial charge in [0.15, 0.2) is 0 Å². The summed E-state index contributed by atoms with van der Waals surface area (Å²) < 4.78 is 46.9. The molecule has 0 aliphatic rings. The highest BCUT2D eigenvalue weighted by atomic mass is 32.2. The van der Waals surface area contributed by atoms with Crippen LogP contribution in [0.25, 0.3) is 0 Å². The fourth-order valence-electron chi connectivity index (χ4n) is 1.75. The monoisotopic (exact) mass is 344 g/mol. The van der Waals surface area contributed by atoms with Crippen molar-refractivity contribution < 1.29 is 16.8 Å². The molecule has 0 radical (unpaired) electrons. The van der Waals surface area contributed by atoms with Gasteiger partial charge < -0.3 is 0 Å². The summed E-state index contributed by atoms with van der Waals surface area (Å²) in [6.07, 6.45) is 1.24. The Hall–Kier alpha value is -0.180. The zero-order valence-corrected chi connectivity index (χ0v) is 16.7. The molecule has 0 atom stereocenters. The van der Waals surface area contributed by atoms with Crippen LogP contribution in [0.4, 0.5) is 0 Å². The molecule has 0 saturated heterocycles. The highest BCUT2D eigenvalue weighted by Gasteiger charge is 2.30. The van der Waals surface area contributed by atoms with Gasteiger partial charge in [0.2, 0.25) is 20.0 Å². The Morgan fingerprint density at radius 2 is 1.19 bits per heavy atom. The second kappa shape index (κ2) is 7.39. The van der Waals surface area contributed by atoms with Crippen LogP contribution < -0.4 is 0 Å². The predicted octanol–water partition coefficient (Wildman–Crippen LogP) is 1.74. The Kier molecular flexibility index (Phi) is 8.13. The standard InChI is InChI=1S/C7H17NO2S.C6H15NO2S/c1-6-8(7(2,3)4)11(5,9)10;1-6(2,3)10(8,9)7(4)5/h6H2,1-5H3;1-5H3. The summed E-state index contributed by atoms with van der Waals surface area (Å²) in [5.74, 6) is 0. The Bertz CT molecular complexity index is 509. The fraction of sp³-hybridized carbons (Fsp3) is 1.00. The lowest BCUT2D eigenvalue weighted by Gasteiger charge is -2.32. The van der Waals surface area contributed by atoms with E-state index in [-0.39, 0.29) is 5.54 Å². The van der Waals surface area contributed by atoms with Crippen molar-refractivity contribution in [1.82, 2.24) is 8.61 Å². The van der Waals surface area contributed by atoms with Crippen molar-refractivity contribution in [3.8, 4) is 0 Å². The van der Waals surface area contributed by atoms with Crippen LogP contribution in [0.15, 0.2) is 0 Å². The van der Waals surface area contributed by atoms with E-state index in [1.54, 1.807) is 34.9 Å². The van der Waals surface area contributed by atoms with Gasteiger partial charge in [0.1, 0.15) is 0 Å². The lowest BCUT2D eigenvalue weighted by molar-refractivity contribution is 0.261. The molecule has 0 aliphatic carbocycles. The first kappa shape index (κ1) is 23.1. The number of sulfonamides is 2. The summed E-state index contributed by atoms with van der Waals surface area (Å²) in [5, 5.41) is 0. The molecule has 0 aromatic rings. The second-order valence-electron chi connectivity index (χ2n) is 7.00. The summed E-state index contributed by atoms with van der Waals surface area (Å²) in [6, 6.07) is 0. The van der Waals surface area contributed by atoms with E-state index in [0.29, 0.717) is 6.54 Å². The molecule has 0 heterocycles. The SMILES string of the molecule is CCN(C(C)(C)C)S(C)(=O)=O.CN(C)S(=O)(=O)C(C)(C)C. The molecule has 0 aliphatic heterocycles. The summed E-state index contributed by atoms with van der Waals surface area (Å²) >= 11 is 0. The first-order chi connectivity index (χ1) is 8.89. The summed E-state index contributed by atoms with van der Waals surface area (Å²) in [5.41, 5.74) is -0.303. The van der Waals surface area contributed by atoms with Gasteiger partial charge in [-0.2, -0.15) is 4.31 Å². The van der Waals surface area contributed by atoms with Gasteiger partial charge in [0.25, 0.3) is 0 Å². The first-order valence-corrected chi connectivity index (χ1v) is 10.1. The molecule has 0 spiro atoms. The maximum Gasteiger partial charge on any atom is 0.218 e. The van der Waals surface area contributed by atoms with Crippen molar-refractivity contribution in [2.45, 2.75) is 58.8 Å². The van der Waals surface area contributed by atoms with Crippen molar-refractivity contribution in [3.63, 3.8) is 0 Å². The molecule has 0 saturated carbocycles. The Labute approximate surface area is 131 Å². The van der Waals surface area contributed by atoms with Crippen molar-refractivity contribution in [3.05, 3.63) is 0 Å². The number of hydrogen-bond acceptors (Lipinski definition) is 4. The van der Waals surface area contributed by atoms with E-state index in [2.05, 4.69) is 0 Å². The van der Waals surface area contributed by atoms with E-state index >= 15 is 0 Å². The predicted molar refractivity (Wildman–Crippen MR) is 89.3 cm³/mol. The number of hydrogen-bond donors (Lipinski definition) is 0. The van der Waals surface area contributed by atoms with Gasteiger partial charge in [0.05, 0.1) is 11.0 Å². The van der Waals surface area contributed by atoms with Crippen LogP contribution in [0.2, 0.25) is 0 Å². The first-order valence-electron chi connectivity index (χ1n) is 6.79. The molecular formula is C13H32N2O4S2. The van der Waals surface area contributed by atoms with Crippen molar-refractivity contribution in [2.75, 3.05) is 26.9 Å². The highest BCUT2D eigenvalue weighted by molar-refractivity contribution is 7.90. The Morgan fingerprint density at radius 1 is 0.857 bits per heavy atom. The highest BCUT2D eigenvalue weighted by Crippen LogP contribution is 2.17. The third-order valence-corrected chi connectivity index (χ3v) is 6.81. The lowest BCUT2D eigenvalue weighted by Crippen LogP contribution is -2.44. The molecule has 8 heteroatoms. The fourth-order valence-corrected chi connectivity index (χ4v) is 4.31. The lowest BCUT2D eigenvalue weighted by atomic mass is 10.1. The van der Waals surface area contributed by atoms with E-state index in [1.165, 1.54) is 14.9 Å². The number of nitrogens with zero attached hydrogens (tertiary/aromatic N) is 2. The van der Waals surface area contributed by atoms with Crippen LogP contribution in [0.5, 0.6) is 0 Å². The minimum Gasteiger partial charge on any atom is -0.212 e. The van der Waals surface area contributed by atoms with Gasteiger partial charge in [-0.15, -0.1) is 0 Å². The average Bonchev–Trinajstić information content (AvgIpc) is 2.12. The molecular weight excluding hydrogens is 312 g/mol. The summed E-state index contributed by atoms with van der Waals surface area (Å²) in [7, 11) is -3.04. The van der Waals surface area contributed by atoms with Crippen LogP contribution in [0.1, 0.15) is 48.5 Å². The Morgan fingerprint density at radius 3 is 1.19 bits per heavy atom. The van der Waals surface area contributed by atoms with Gasteiger partial charge in [-0.05, 0) is 41.5 Å². The quantitative estimate of drug-likeness (QED) is 0.781. The van der Waals surface area contributed by atoms with Gasteiger partial charge >= 0.3 is 0 Å². The maximum absolute atomic E-state index is 11.3. The van der Waals surface area contributed by atoms with Crippen LogP contribution in [0.3, 0.4) is 0 Å². The summed E-state index contributed by atoms with van der Waals surface area (Å²) in [4.78, 5) is 0. The van der Waals surface area contributed by atoms with Crippen molar-refractivity contribution >= 4 is 20.0 Å². The molecule has 6 nitrogen and oxygen atoms in total. The van der Waals surface area contributed by atoms with Crippen LogP contribution in [-0.4, -0.2) is 62.6 Å². The molecule has 0 fully saturated rings. The third kappa shape index (κ3) is 7.58. The number of rotatable bonds is 3. The normalized spacial score (nSPS) is 14.1. The molecule has 0 N–H and O–H groups in total. The van der Waals surface area contributed by atoms with E-state index in [1.807, 2.05) is 27.7 Å². The summed E-state index contributed by atoms with van der Waals surface area (Å²) in [6.45, 7) is 13.1. The zero-order chi connectivity index (χ0) is 17.9. The van der Waals surface area contributed by atoms with Gasteiger partial charge in [-0.1, -0.05) is 6.92 Å². The smallest absolute Gasteiger partial charge is 0.212 e. The largest absolute Gasteiger partial charge is 0.218 e. The molecule has 0 rings (SSSR count). The van der Waals surface area contributed by atoms with E-state index in [9.17, 15) is 16.8 Å². The molecule has 0 aromatic heterocycles. The van der Waals surface area contributed by atoms with Gasteiger partial charge in [-0.3, -0.25) is 0 Å². The minimum absolute atomic E-state index is 0.303. The van der Waals surface area contributed by atoms with Crippen molar-refractivity contribution in [1.29, 1.82) is 0 Å². The molecule has 0 amide bonds. The van der Waals surface area contributed by atoms with E-state index in [0.717, 1.165) is 0 Å². The van der Waals surface area contributed by atoms with E-state index < -0.39 is 24.8 Å². The molecule has 0 aromatic carbocycles. The average molecular weight is 345 g/mol. The molecule has 0 bridgehead atoms. The van der Waals surface area contributed by atoms with Crippen LogP contribution in [0, 0.1) is 0 Å². The van der Waals surface area contributed by atoms with Crippen LogP contribution in [-0.2, 0) is 20.0 Å². The minimum atomic E-state index is -3.08. The van der Waals surface area contributed by atoms with Gasteiger partial charge in [0, 0.05) is 26.2 Å². The molecule has 21 heavy (non-hydrogen) atoms. The molecule has 0 unspecified atom stereocenters. The Balaban J connectivity index is 0. The van der Waals surface area contributed by atoms with Crippen molar-refractivity contribution in [2.24, 2.45) is 0 Å². The second-order valence-corrected chi connectivity index (χ2v) is 11.8. The maximum atomic E-state index is 11.3. The van der Waals surface area contributed by atoms with Crippen LogP contribution >= 0.6 is 0 Å². The van der Waals surface area contributed by atoms with E-state index in [4.69, 9.17) is 0 Å². The molecule has 130 valence electrons.